The predicted molar refractivity (Wildman–Crippen MR) is 53.2 cm³/mol. The summed E-state index contributed by atoms with van der Waals surface area (Å²) in [7, 11) is 0. The molecule has 1 heteroatoms. The van der Waals surface area contributed by atoms with Gasteiger partial charge in [-0.2, -0.15) is 0 Å². The van der Waals surface area contributed by atoms with Gasteiger partial charge in [-0.15, -0.1) is 0 Å². The Labute approximate surface area is 78.8 Å². The minimum absolute atomic E-state index is 0.671. The average molecular weight is 174 g/mol. The number of carbonyl (C=O) groups excluding carboxylic acids is 1. The molecule has 1 aromatic rings. The summed E-state index contributed by atoms with van der Waals surface area (Å²) in [6, 6.07) is 6.08. The van der Waals surface area contributed by atoms with Crippen molar-refractivity contribution in [3.05, 3.63) is 34.9 Å². The molecule has 68 valence electrons. The zero-order valence-corrected chi connectivity index (χ0v) is 7.92. The monoisotopic (exact) mass is 174 g/mol. The van der Waals surface area contributed by atoms with Crippen molar-refractivity contribution in [2.75, 3.05) is 0 Å². The molecule has 0 spiro atoms. The van der Waals surface area contributed by atoms with Crippen molar-refractivity contribution < 1.29 is 4.79 Å². The highest BCUT2D eigenvalue weighted by Crippen LogP contribution is 2.31. The van der Waals surface area contributed by atoms with E-state index in [1.807, 2.05) is 12.1 Å². The zero-order chi connectivity index (χ0) is 9.26. The van der Waals surface area contributed by atoms with E-state index in [0.29, 0.717) is 5.92 Å². The first-order chi connectivity index (χ1) is 6.31. The number of carbonyl (C=O) groups is 1. The number of rotatable bonds is 1. The fraction of sp³-hybridized carbons (Fsp3) is 0.417. The summed E-state index contributed by atoms with van der Waals surface area (Å²) in [6.07, 6.45) is 4.62. The fourth-order valence-electron chi connectivity index (χ4n) is 2.15. The van der Waals surface area contributed by atoms with Crippen LogP contribution in [0.5, 0.6) is 0 Å². The van der Waals surface area contributed by atoms with Crippen LogP contribution in [0.1, 0.15) is 47.2 Å². The largest absolute Gasteiger partial charge is 0.298 e. The minimum atomic E-state index is 0.671. The van der Waals surface area contributed by atoms with Crippen molar-refractivity contribution >= 4 is 6.29 Å². The van der Waals surface area contributed by atoms with E-state index in [-0.39, 0.29) is 0 Å². The van der Waals surface area contributed by atoms with Crippen LogP contribution < -0.4 is 0 Å². The van der Waals surface area contributed by atoms with Gasteiger partial charge in [-0.1, -0.05) is 19.1 Å². The molecule has 0 heterocycles. The molecular weight excluding hydrogens is 160 g/mol. The standard InChI is InChI=1S/C12H14O/c1-9-3-2-4-11-7-10(8-13)5-6-12(9)11/h5-9H,2-4H2,1H3. The summed E-state index contributed by atoms with van der Waals surface area (Å²) in [5, 5.41) is 0. The SMILES string of the molecule is CC1CCCc2cc(C=O)ccc21. The topological polar surface area (TPSA) is 17.1 Å². The lowest BCUT2D eigenvalue weighted by Crippen LogP contribution is -2.07. The Morgan fingerprint density at radius 2 is 2.31 bits per heavy atom. The third kappa shape index (κ3) is 1.51. The molecule has 1 aliphatic carbocycles. The van der Waals surface area contributed by atoms with Crippen molar-refractivity contribution in [2.45, 2.75) is 32.1 Å². The quantitative estimate of drug-likeness (QED) is 0.598. The Hall–Kier alpha value is -1.11. The molecule has 0 fully saturated rings. The lowest BCUT2D eigenvalue weighted by molar-refractivity contribution is 0.112. The molecule has 0 N–H and O–H groups in total. The maximum absolute atomic E-state index is 10.6. The van der Waals surface area contributed by atoms with Gasteiger partial charge in [0.05, 0.1) is 0 Å². The first kappa shape index (κ1) is 8.49. The molecule has 0 saturated heterocycles. The van der Waals surface area contributed by atoms with Gasteiger partial charge < -0.3 is 0 Å². The first-order valence-corrected chi connectivity index (χ1v) is 4.89. The molecule has 1 nitrogen and oxygen atoms in total. The van der Waals surface area contributed by atoms with E-state index in [0.717, 1.165) is 18.3 Å². The molecule has 0 amide bonds. The minimum Gasteiger partial charge on any atom is -0.298 e. The van der Waals surface area contributed by atoms with Crippen molar-refractivity contribution in [3.8, 4) is 0 Å². The maximum Gasteiger partial charge on any atom is 0.150 e. The van der Waals surface area contributed by atoms with Gasteiger partial charge in [-0.25, -0.2) is 0 Å². The highest BCUT2D eigenvalue weighted by atomic mass is 16.1. The number of hydrogen-bond acceptors (Lipinski definition) is 1. The molecule has 13 heavy (non-hydrogen) atoms. The summed E-state index contributed by atoms with van der Waals surface area (Å²) in [6.45, 7) is 2.26. The van der Waals surface area contributed by atoms with Crippen LogP contribution >= 0.6 is 0 Å². The summed E-state index contributed by atoms with van der Waals surface area (Å²) in [5.41, 5.74) is 3.63. The molecule has 0 saturated carbocycles. The number of aldehydes is 1. The van der Waals surface area contributed by atoms with Crippen LogP contribution in [-0.2, 0) is 6.42 Å². The second kappa shape index (κ2) is 3.33. The van der Waals surface area contributed by atoms with Crippen LogP contribution in [0.25, 0.3) is 0 Å². The Balaban J connectivity index is 2.45. The second-order valence-electron chi connectivity index (χ2n) is 3.87. The summed E-state index contributed by atoms with van der Waals surface area (Å²) in [5.74, 6) is 0.671. The van der Waals surface area contributed by atoms with Crippen molar-refractivity contribution in [3.63, 3.8) is 0 Å². The van der Waals surface area contributed by atoms with Crippen molar-refractivity contribution in [1.29, 1.82) is 0 Å². The van der Waals surface area contributed by atoms with Gasteiger partial charge in [-0.3, -0.25) is 4.79 Å². The molecule has 0 aromatic heterocycles. The van der Waals surface area contributed by atoms with Crippen LogP contribution in [0, 0.1) is 0 Å². The van der Waals surface area contributed by atoms with E-state index in [1.54, 1.807) is 0 Å². The fourth-order valence-corrected chi connectivity index (χ4v) is 2.15. The zero-order valence-electron chi connectivity index (χ0n) is 7.92. The molecule has 2 rings (SSSR count). The Morgan fingerprint density at radius 3 is 3.08 bits per heavy atom. The van der Waals surface area contributed by atoms with E-state index in [2.05, 4.69) is 13.0 Å². The van der Waals surface area contributed by atoms with E-state index in [4.69, 9.17) is 0 Å². The van der Waals surface area contributed by atoms with Gasteiger partial charge in [-0.05, 0) is 42.4 Å². The van der Waals surface area contributed by atoms with Gasteiger partial charge in [0.15, 0.2) is 0 Å². The Bertz CT molecular complexity index is 328. The predicted octanol–water partition coefficient (Wildman–Crippen LogP) is 2.94. The molecule has 0 radical (unpaired) electrons. The van der Waals surface area contributed by atoms with E-state index in [1.165, 1.54) is 24.0 Å². The molecule has 1 aromatic carbocycles. The highest BCUT2D eigenvalue weighted by Gasteiger charge is 2.15. The lowest BCUT2D eigenvalue weighted by Gasteiger charge is -2.22. The highest BCUT2D eigenvalue weighted by molar-refractivity contribution is 5.75. The van der Waals surface area contributed by atoms with Crippen LogP contribution in [-0.4, -0.2) is 6.29 Å². The molecule has 1 atom stereocenters. The van der Waals surface area contributed by atoms with Crippen molar-refractivity contribution in [2.24, 2.45) is 0 Å². The van der Waals surface area contributed by atoms with Gasteiger partial charge >= 0.3 is 0 Å². The van der Waals surface area contributed by atoms with E-state index in [9.17, 15) is 4.79 Å². The van der Waals surface area contributed by atoms with Gasteiger partial charge in [0.2, 0.25) is 0 Å². The molecule has 0 bridgehead atoms. The molecule has 1 aliphatic rings. The lowest BCUT2D eigenvalue weighted by atomic mass is 9.83. The van der Waals surface area contributed by atoms with Crippen LogP contribution in [0.3, 0.4) is 0 Å². The summed E-state index contributed by atoms with van der Waals surface area (Å²) in [4.78, 5) is 10.6. The second-order valence-corrected chi connectivity index (χ2v) is 3.87. The van der Waals surface area contributed by atoms with Gasteiger partial charge in [0.25, 0.3) is 0 Å². The number of benzene rings is 1. The van der Waals surface area contributed by atoms with Crippen LogP contribution in [0.2, 0.25) is 0 Å². The van der Waals surface area contributed by atoms with E-state index >= 15 is 0 Å². The summed E-state index contributed by atoms with van der Waals surface area (Å²) < 4.78 is 0. The van der Waals surface area contributed by atoms with Gasteiger partial charge in [0, 0.05) is 5.56 Å². The van der Waals surface area contributed by atoms with E-state index < -0.39 is 0 Å². The smallest absolute Gasteiger partial charge is 0.150 e. The summed E-state index contributed by atoms with van der Waals surface area (Å²) >= 11 is 0. The van der Waals surface area contributed by atoms with Crippen LogP contribution in [0.15, 0.2) is 18.2 Å². The average Bonchev–Trinajstić information content (AvgIpc) is 2.18. The Kier molecular flexibility index (Phi) is 2.17. The Morgan fingerprint density at radius 1 is 1.46 bits per heavy atom. The first-order valence-electron chi connectivity index (χ1n) is 4.89. The third-order valence-electron chi connectivity index (χ3n) is 2.92. The van der Waals surface area contributed by atoms with Crippen LogP contribution in [0.4, 0.5) is 0 Å². The third-order valence-corrected chi connectivity index (χ3v) is 2.92. The number of aryl methyl sites for hydroxylation is 1. The number of fused-ring (bicyclic) bond motifs is 1. The normalized spacial score (nSPS) is 20.8. The molecule has 0 aliphatic heterocycles. The number of hydrogen-bond donors (Lipinski definition) is 0. The molecular formula is C12H14O. The maximum atomic E-state index is 10.6. The molecule has 1 unspecified atom stereocenters. The van der Waals surface area contributed by atoms with Crippen molar-refractivity contribution in [1.82, 2.24) is 0 Å². The van der Waals surface area contributed by atoms with Gasteiger partial charge in [0.1, 0.15) is 6.29 Å².